The number of aromatic nitrogens is 4. The molecule has 0 saturated carbocycles. The lowest BCUT2D eigenvalue weighted by Crippen LogP contribution is -2.28. The highest BCUT2D eigenvalue weighted by atomic mass is 35.5. The van der Waals surface area contributed by atoms with E-state index in [2.05, 4.69) is 20.8 Å². The van der Waals surface area contributed by atoms with E-state index in [0.29, 0.717) is 11.4 Å². The van der Waals surface area contributed by atoms with Crippen molar-refractivity contribution in [1.82, 2.24) is 20.2 Å². The molecule has 0 spiro atoms. The number of benzene rings is 2. The highest BCUT2D eigenvalue weighted by Crippen LogP contribution is 2.20. The molecule has 0 aliphatic rings. The van der Waals surface area contributed by atoms with Crippen molar-refractivity contribution >= 4 is 29.2 Å². The number of amides is 1. The van der Waals surface area contributed by atoms with Gasteiger partial charge in [-0.1, -0.05) is 41.9 Å². The van der Waals surface area contributed by atoms with Gasteiger partial charge in [-0.15, -0.1) is 5.10 Å². The van der Waals surface area contributed by atoms with Crippen LogP contribution in [-0.2, 0) is 20.7 Å². The zero-order valence-electron chi connectivity index (χ0n) is 15.0. The predicted octanol–water partition coefficient (Wildman–Crippen LogP) is 2.16. The number of carbonyl (C=O) groups is 2. The number of hydrogen-bond donors (Lipinski definition) is 1. The average molecular weight is 411 g/mol. The summed E-state index contributed by atoms with van der Waals surface area (Å²) in [5.74, 6) is -1.27. The largest absolute Gasteiger partial charge is 0.454 e. The van der Waals surface area contributed by atoms with Crippen LogP contribution in [0.15, 0.2) is 54.9 Å². The SMILES string of the molecule is N#Cc1ccc(Cl)cc1NC(=O)COC(=O)[C@H](Cc1ccccc1)n1cnnn1. The van der Waals surface area contributed by atoms with Gasteiger partial charge in [-0.25, -0.2) is 9.48 Å². The van der Waals surface area contributed by atoms with E-state index in [9.17, 15) is 9.59 Å². The Hall–Kier alpha value is -3.77. The van der Waals surface area contributed by atoms with Crippen LogP contribution in [0.2, 0.25) is 5.02 Å². The van der Waals surface area contributed by atoms with Crippen molar-refractivity contribution in [1.29, 1.82) is 5.26 Å². The van der Waals surface area contributed by atoms with E-state index in [0.717, 1.165) is 5.56 Å². The normalized spacial score (nSPS) is 11.3. The summed E-state index contributed by atoms with van der Waals surface area (Å²) in [6, 6.07) is 14.9. The van der Waals surface area contributed by atoms with Gasteiger partial charge in [0.25, 0.3) is 5.91 Å². The molecule has 0 bridgehead atoms. The molecule has 0 saturated heterocycles. The van der Waals surface area contributed by atoms with Gasteiger partial charge in [-0.3, -0.25) is 4.79 Å². The number of tetrazole rings is 1. The number of anilines is 1. The first-order chi connectivity index (χ1) is 14.1. The standard InChI is InChI=1S/C19H15ClN6O3/c20-15-7-6-14(10-21)16(9-15)23-18(27)11-29-19(28)17(26-12-22-24-25-26)8-13-4-2-1-3-5-13/h1-7,9,12,17H,8,11H2,(H,23,27)/t17-/m0/s1. The second-order valence-corrected chi connectivity index (χ2v) is 6.39. The fraction of sp³-hybridized carbons (Fsp3) is 0.158. The van der Waals surface area contributed by atoms with E-state index in [1.165, 1.54) is 29.2 Å². The molecule has 10 heteroatoms. The molecule has 0 aliphatic heterocycles. The number of esters is 1. The smallest absolute Gasteiger partial charge is 0.331 e. The second kappa shape index (κ2) is 9.43. The Labute approximate surface area is 170 Å². The van der Waals surface area contributed by atoms with Crippen LogP contribution in [0.3, 0.4) is 0 Å². The summed E-state index contributed by atoms with van der Waals surface area (Å²) in [4.78, 5) is 24.8. The van der Waals surface area contributed by atoms with E-state index in [1.807, 2.05) is 36.4 Å². The van der Waals surface area contributed by atoms with Crippen molar-refractivity contribution in [2.45, 2.75) is 12.5 Å². The molecule has 9 nitrogen and oxygen atoms in total. The molecule has 3 rings (SSSR count). The highest BCUT2D eigenvalue weighted by molar-refractivity contribution is 6.31. The molecule has 1 atom stereocenters. The Morgan fingerprint density at radius 3 is 2.72 bits per heavy atom. The molecular weight excluding hydrogens is 396 g/mol. The number of carbonyl (C=O) groups excluding carboxylic acids is 2. The zero-order valence-corrected chi connectivity index (χ0v) is 15.8. The van der Waals surface area contributed by atoms with Gasteiger partial charge in [0.1, 0.15) is 12.4 Å². The van der Waals surface area contributed by atoms with Crippen LogP contribution in [0.5, 0.6) is 0 Å². The van der Waals surface area contributed by atoms with Crippen LogP contribution in [0.4, 0.5) is 5.69 Å². The Kier molecular flexibility index (Phi) is 6.50. The molecular formula is C19H15ClN6O3. The van der Waals surface area contributed by atoms with Crippen LogP contribution in [0.25, 0.3) is 0 Å². The number of nitrogens with one attached hydrogen (secondary N) is 1. The minimum absolute atomic E-state index is 0.238. The number of nitriles is 1. The van der Waals surface area contributed by atoms with Crippen LogP contribution in [0.1, 0.15) is 17.2 Å². The van der Waals surface area contributed by atoms with E-state index >= 15 is 0 Å². The Morgan fingerprint density at radius 2 is 2.03 bits per heavy atom. The lowest BCUT2D eigenvalue weighted by atomic mass is 10.1. The van der Waals surface area contributed by atoms with Gasteiger partial charge in [0.15, 0.2) is 12.6 Å². The van der Waals surface area contributed by atoms with Crippen molar-refractivity contribution in [3.8, 4) is 6.07 Å². The third kappa shape index (κ3) is 5.37. The first-order valence-electron chi connectivity index (χ1n) is 8.49. The fourth-order valence-electron chi connectivity index (χ4n) is 2.57. The second-order valence-electron chi connectivity index (χ2n) is 5.95. The molecule has 3 aromatic rings. The molecule has 0 unspecified atom stereocenters. The monoisotopic (exact) mass is 410 g/mol. The number of rotatable bonds is 7. The molecule has 1 heterocycles. The fourth-order valence-corrected chi connectivity index (χ4v) is 2.74. The van der Waals surface area contributed by atoms with E-state index < -0.39 is 24.5 Å². The Balaban J connectivity index is 1.65. The molecule has 1 amide bonds. The van der Waals surface area contributed by atoms with Gasteiger partial charge in [-0.2, -0.15) is 5.26 Å². The van der Waals surface area contributed by atoms with Crippen LogP contribution in [0, 0.1) is 11.3 Å². The molecule has 1 aromatic heterocycles. The molecule has 146 valence electrons. The van der Waals surface area contributed by atoms with Crippen LogP contribution in [-0.4, -0.2) is 38.7 Å². The maximum absolute atomic E-state index is 12.6. The molecule has 0 fully saturated rings. The summed E-state index contributed by atoms with van der Waals surface area (Å²) in [7, 11) is 0. The van der Waals surface area contributed by atoms with Crippen molar-refractivity contribution in [3.05, 3.63) is 71.0 Å². The first kappa shape index (κ1) is 20.0. The number of halogens is 1. The van der Waals surface area contributed by atoms with E-state index in [4.69, 9.17) is 21.6 Å². The minimum atomic E-state index is -0.832. The number of hydrogen-bond acceptors (Lipinski definition) is 7. The van der Waals surface area contributed by atoms with E-state index in [1.54, 1.807) is 0 Å². The zero-order chi connectivity index (χ0) is 20.6. The van der Waals surface area contributed by atoms with Crippen molar-refractivity contribution in [2.24, 2.45) is 0 Å². The maximum atomic E-state index is 12.6. The van der Waals surface area contributed by atoms with Crippen LogP contribution >= 0.6 is 11.6 Å². The molecule has 0 aliphatic carbocycles. The quantitative estimate of drug-likeness (QED) is 0.592. The summed E-state index contributed by atoms with van der Waals surface area (Å²) in [6.07, 6.45) is 1.60. The van der Waals surface area contributed by atoms with Gasteiger partial charge in [0, 0.05) is 11.4 Å². The summed E-state index contributed by atoms with van der Waals surface area (Å²) in [5.41, 5.74) is 1.36. The molecule has 0 radical (unpaired) electrons. The molecule has 1 N–H and O–H groups in total. The summed E-state index contributed by atoms with van der Waals surface area (Å²) >= 11 is 5.89. The third-order valence-electron chi connectivity index (χ3n) is 3.95. The maximum Gasteiger partial charge on any atom is 0.331 e. The van der Waals surface area contributed by atoms with Gasteiger partial charge in [0.2, 0.25) is 0 Å². The molecule has 2 aromatic carbocycles. The van der Waals surface area contributed by atoms with Crippen molar-refractivity contribution < 1.29 is 14.3 Å². The number of ether oxygens (including phenoxy) is 1. The summed E-state index contributed by atoms with van der Waals surface area (Å²) in [6.45, 7) is -0.538. The van der Waals surface area contributed by atoms with Crippen molar-refractivity contribution in [3.63, 3.8) is 0 Å². The van der Waals surface area contributed by atoms with E-state index in [-0.39, 0.29) is 11.3 Å². The number of nitrogens with zero attached hydrogens (tertiary/aromatic N) is 5. The predicted molar refractivity (Wildman–Crippen MR) is 103 cm³/mol. The van der Waals surface area contributed by atoms with Gasteiger partial charge in [-0.05, 0) is 34.2 Å². The minimum Gasteiger partial charge on any atom is -0.454 e. The lowest BCUT2D eigenvalue weighted by molar-refractivity contribution is -0.151. The van der Waals surface area contributed by atoms with Gasteiger partial charge >= 0.3 is 5.97 Å². The molecule has 29 heavy (non-hydrogen) atoms. The first-order valence-corrected chi connectivity index (χ1v) is 8.87. The third-order valence-corrected chi connectivity index (χ3v) is 4.18. The summed E-state index contributed by atoms with van der Waals surface area (Å²) < 4.78 is 6.43. The van der Waals surface area contributed by atoms with Gasteiger partial charge in [0.05, 0.1) is 11.3 Å². The van der Waals surface area contributed by atoms with Crippen molar-refractivity contribution in [2.75, 3.05) is 11.9 Å². The topological polar surface area (TPSA) is 123 Å². The average Bonchev–Trinajstić information content (AvgIpc) is 3.26. The summed E-state index contributed by atoms with van der Waals surface area (Å²) in [5, 5.41) is 22.8. The highest BCUT2D eigenvalue weighted by Gasteiger charge is 2.25. The van der Waals surface area contributed by atoms with Gasteiger partial charge < -0.3 is 10.1 Å². The lowest BCUT2D eigenvalue weighted by Gasteiger charge is -2.15. The Bertz CT molecular complexity index is 1030. The Morgan fingerprint density at radius 1 is 1.24 bits per heavy atom. The van der Waals surface area contributed by atoms with Crippen LogP contribution < -0.4 is 5.32 Å².